The van der Waals surface area contributed by atoms with Crippen LogP contribution in [-0.2, 0) is 0 Å². The van der Waals surface area contributed by atoms with Crippen molar-refractivity contribution in [3.8, 4) is 0 Å². The first-order valence-electron chi connectivity index (χ1n) is 10.3. The highest BCUT2D eigenvalue weighted by atomic mass is 16.3. The number of hydrogen-bond donors (Lipinski definition) is 1. The number of hydrogen-bond acceptors (Lipinski definition) is 3. The largest absolute Gasteiger partial charge is 0.870 e. The summed E-state index contributed by atoms with van der Waals surface area (Å²) in [5.41, 5.74) is 0. The second-order valence-electron chi connectivity index (χ2n) is 6.92. The molecule has 25 heavy (non-hydrogen) atoms. The van der Waals surface area contributed by atoms with Crippen molar-refractivity contribution in [1.82, 2.24) is 0 Å². The van der Waals surface area contributed by atoms with Gasteiger partial charge >= 0.3 is 0 Å². The predicted molar refractivity (Wildman–Crippen MR) is 109 cm³/mol. The number of nitrogens with zero attached hydrogens (tertiary/aromatic N) is 2. The van der Waals surface area contributed by atoms with Gasteiger partial charge < -0.3 is 25.0 Å². The molecule has 158 valence electrons. The maximum Gasteiger partial charge on any atom is 0.0808 e. The Morgan fingerprint density at radius 1 is 0.520 bits per heavy atom. The van der Waals surface area contributed by atoms with E-state index >= 15 is 0 Å². The van der Waals surface area contributed by atoms with Gasteiger partial charge in [-0.15, -0.1) is 0 Å². The van der Waals surface area contributed by atoms with Crippen LogP contribution in [0.5, 0.6) is 0 Å². The third kappa shape index (κ3) is 13.6. The minimum Gasteiger partial charge on any atom is -0.870 e. The van der Waals surface area contributed by atoms with Crippen LogP contribution in [0.4, 0.5) is 0 Å². The van der Waals surface area contributed by atoms with E-state index < -0.39 is 0 Å². The van der Waals surface area contributed by atoms with Crippen LogP contribution in [0.15, 0.2) is 0 Å². The van der Waals surface area contributed by atoms with Crippen LogP contribution >= 0.6 is 0 Å². The average molecular weight is 367 g/mol. The Balaban J connectivity index is -0.000000177. The number of quaternary nitrogens is 2. The Hall–Kier alpha value is -0.200. The zero-order valence-electron chi connectivity index (χ0n) is 18.4. The van der Waals surface area contributed by atoms with Crippen molar-refractivity contribution in [1.29, 1.82) is 0 Å². The quantitative estimate of drug-likeness (QED) is 0.501. The average Bonchev–Trinajstić information content (AvgIpc) is 2.57. The molecule has 0 rings (SSSR count). The molecule has 0 bridgehead atoms. The van der Waals surface area contributed by atoms with Gasteiger partial charge in [0.1, 0.15) is 0 Å². The molecular weight excluding hydrogens is 316 g/mol. The highest BCUT2D eigenvalue weighted by Gasteiger charge is 2.23. The van der Waals surface area contributed by atoms with Gasteiger partial charge in [0.15, 0.2) is 0 Å². The first kappa shape index (κ1) is 32.5. The van der Waals surface area contributed by atoms with E-state index in [1.54, 1.807) is 0 Å². The van der Waals surface area contributed by atoms with Gasteiger partial charge in [-0.3, -0.25) is 0 Å². The molecular formula is C20H50N2O3. The van der Waals surface area contributed by atoms with Crippen LogP contribution in [0.3, 0.4) is 0 Å². The van der Waals surface area contributed by atoms with Gasteiger partial charge in [0.2, 0.25) is 0 Å². The molecule has 0 heterocycles. The van der Waals surface area contributed by atoms with E-state index in [-0.39, 0.29) is 11.0 Å². The summed E-state index contributed by atoms with van der Waals surface area (Å²) in [6.07, 6.45) is 4.72. The molecule has 5 nitrogen and oxygen atoms in total. The van der Waals surface area contributed by atoms with Gasteiger partial charge in [-0.25, -0.2) is 0 Å². The number of aliphatic hydroxyl groups excluding tert-OH is 1. The fourth-order valence-electron chi connectivity index (χ4n) is 3.84. The molecule has 0 saturated heterocycles. The van der Waals surface area contributed by atoms with E-state index in [1.807, 2.05) is 0 Å². The van der Waals surface area contributed by atoms with E-state index in [9.17, 15) is 0 Å². The first-order valence-corrected chi connectivity index (χ1v) is 10.3. The number of aliphatic hydroxyl groups is 1. The molecule has 0 aromatic rings. The van der Waals surface area contributed by atoms with E-state index in [4.69, 9.17) is 5.11 Å². The standard InChI is InChI=1S/C12H28NO.C8H20N.2H2O/c1-4-8-13(9-5-2,10-6-3)11-7-12-14;1-5-9(6-2,7-3)8-4;;/h14H,4-12H2,1-3H3;5-8H2,1-4H3;2*1H2/q2*+1;;/p-2. The summed E-state index contributed by atoms with van der Waals surface area (Å²) < 4.78 is 2.50. The van der Waals surface area contributed by atoms with Gasteiger partial charge in [0, 0.05) is 13.0 Å². The van der Waals surface area contributed by atoms with E-state index in [0.717, 1.165) is 13.0 Å². The molecule has 0 aliphatic rings. The lowest BCUT2D eigenvalue weighted by atomic mass is 10.2. The molecule has 0 aromatic heterocycles. The molecule has 0 fully saturated rings. The van der Waals surface area contributed by atoms with E-state index in [2.05, 4.69) is 48.5 Å². The van der Waals surface area contributed by atoms with Crippen molar-refractivity contribution in [2.75, 3.05) is 59.0 Å². The van der Waals surface area contributed by atoms with Crippen LogP contribution in [0.25, 0.3) is 0 Å². The maximum atomic E-state index is 8.92. The Bertz CT molecular complexity index is 213. The topological polar surface area (TPSA) is 80.2 Å². The van der Waals surface area contributed by atoms with E-state index in [0.29, 0.717) is 6.61 Å². The van der Waals surface area contributed by atoms with Crippen LogP contribution in [0.2, 0.25) is 0 Å². The Morgan fingerprint density at radius 2 is 0.840 bits per heavy atom. The van der Waals surface area contributed by atoms with Crippen LogP contribution in [-0.4, -0.2) is 84.0 Å². The molecule has 0 aromatic carbocycles. The summed E-state index contributed by atoms with van der Waals surface area (Å²) in [5, 5.41) is 8.92. The second-order valence-corrected chi connectivity index (χ2v) is 6.92. The molecule has 5 heteroatoms. The molecule has 0 radical (unpaired) electrons. The highest BCUT2D eigenvalue weighted by Crippen LogP contribution is 2.12. The van der Waals surface area contributed by atoms with Crippen LogP contribution in [0.1, 0.15) is 74.1 Å². The molecule has 0 aliphatic heterocycles. The Morgan fingerprint density at radius 3 is 1.00 bits per heavy atom. The van der Waals surface area contributed by atoms with Gasteiger partial charge in [0.25, 0.3) is 0 Å². The molecule has 0 amide bonds. The summed E-state index contributed by atoms with van der Waals surface area (Å²) in [5.74, 6) is 0. The lowest BCUT2D eigenvalue weighted by Gasteiger charge is -2.38. The lowest BCUT2D eigenvalue weighted by Crippen LogP contribution is -2.50. The van der Waals surface area contributed by atoms with Crippen molar-refractivity contribution in [3.05, 3.63) is 0 Å². The Labute approximate surface area is 158 Å². The van der Waals surface area contributed by atoms with E-state index in [1.165, 1.54) is 74.0 Å². The zero-order chi connectivity index (χ0) is 18.2. The van der Waals surface area contributed by atoms with Gasteiger partial charge in [-0.05, 0) is 47.0 Å². The summed E-state index contributed by atoms with van der Waals surface area (Å²) in [7, 11) is 0. The van der Waals surface area contributed by atoms with Crippen molar-refractivity contribution in [2.45, 2.75) is 74.1 Å². The van der Waals surface area contributed by atoms with Crippen molar-refractivity contribution in [3.63, 3.8) is 0 Å². The van der Waals surface area contributed by atoms with Crippen molar-refractivity contribution >= 4 is 0 Å². The molecule has 0 unspecified atom stereocenters. The fourth-order valence-corrected chi connectivity index (χ4v) is 3.84. The summed E-state index contributed by atoms with van der Waals surface area (Å²) >= 11 is 0. The minimum absolute atomic E-state index is 0. The monoisotopic (exact) mass is 366 g/mol. The minimum atomic E-state index is 0. The van der Waals surface area contributed by atoms with Crippen molar-refractivity contribution in [2.24, 2.45) is 0 Å². The first-order chi connectivity index (χ1) is 11.0. The molecule has 3 N–H and O–H groups in total. The summed E-state index contributed by atoms with van der Waals surface area (Å²) in [6.45, 7) is 26.3. The normalized spacial score (nSPS) is 11.0. The van der Waals surface area contributed by atoms with Gasteiger partial charge in [-0.2, -0.15) is 0 Å². The van der Waals surface area contributed by atoms with Gasteiger partial charge in [0.05, 0.1) is 52.4 Å². The van der Waals surface area contributed by atoms with Crippen LogP contribution < -0.4 is 0 Å². The highest BCUT2D eigenvalue weighted by molar-refractivity contribution is 4.45. The Kier molecular flexibility index (Phi) is 26.1. The maximum absolute atomic E-state index is 8.92. The third-order valence-electron chi connectivity index (χ3n) is 5.57. The third-order valence-corrected chi connectivity index (χ3v) is 5.57. The smallest absolute Gasteiger partial charge is 0.0808 e. The summed E-state index contributed by atoms with van der Waals surface area (Å²) in [4.78, 5) is 0. The van der Waals surface area contributed by atoms with Crippen molar-refractivity contribution < 1.29 is 25.0 Å². The number of rotatable bonds is 13. The molecule has 0 spiro atoms. The zero-order valence-corrected chi connectivity index (χ0v) is 18.4. The van der Waals surface area contributed by atoms with Crippen LogP contribution in [0, 0.1) is 0 Å². The second kappa shape index (κ2) is 20.1. The van der Waals surface area contributed by atoms with Gasteiger partial charge in [-0.1, -0.05) is 20.8 Å². The predicted octanol–water partition coefficient (Wildman–Crippen LogP) is 3.94. The fraction of sp³-hybridized carbons (Fsp3) is 1.00. The SMILES string of the molecule is CCC[N+](CCC)(CCC)CCCO.CC[N+](CC)(CC)CC.[OH-].[OH-]. The molecule has 0 saturated carbocycles. The lowest BCUT2D eigenvalue weighted by molar-refractivity contribution is -0.928. The molecule has 0 atom stereocenters. The summed E-state index contributed by atoms with van der Waals surface area (Å²) in [6, 6.07) is 0. The molecule has 0 aliphatic carbocycles.